The van der Waals surface area contributed by atoms with Gasteiger partial charge in [0.15, 0.2) is 0 Å². The minimum absolute atomic E-state index is 0.0812. The van der Waals surface area contributed by atoms with E-state index in [2.05, 4.69) is 0 Å². The van der Waals surface area contributed by atoms with E-state index in [4.69, 9.17) is 4.74 Å². The van der Waals surface area contributed by atoms with Crippen molar-refractivity contribution in [1.82, 2.24) is 0 Å². The van der Waals surface area contributed by atoms with E-state index in [1.165, 1.54) is 0 Å². The molecule has 0 aliphatic heterocycles. The molecule has 3 aromatic carbocycles. The first-order chi connectivity index (χ1) is 14.7. The fourth-order valence-electron chi connectivity index (χ4n) is 4.35. The molecule has 1 saturated carbocycles. The normalized spacial score (nSPS) is 19.2. The molecule has 0 unspecified atom stereocenters. The van der Waals surface area contributed by atoms with Gasteiger partial charge in [0.25, 0.3) is 0 Å². The monoisotopic (exact) mass is 418 g/mol. The van der Waals surface area contributed by atoms with Crippen LogP contribution < -0.4 is 10.6 Å². The van der Waals surface area contributed by atoms with E-state index in [1.54, 1.807) is 12.1 Å². The van der Waals surface area contributed by atoms with Crippen molar-refractivity contribution in [3.8, 4) is 0 Å². The van der Waals surface area contributed by atoms with Gasteiger partial charge in [-0.05, 0) is 31.4 Å². The van der Waals surface area contributed by atoms with Gasteiger partial charge in [-0.1, -0.05) is 85.3 Å². The van der Waals surface area contributed by atoms with Crippen LogP contribution in [-0.2, 0) is 9.30 Å². The van der Waals surface area contributed by atoms with Gasteiger partial charge in [0.1, 0.15) is 13.2 Å². The molecule has 0 radical (unpaired) electrons. The summed E-state index contributed by atoms with van der Waals surface area (Å²) in [5, 5.41) is 1.74. The van der Waals surface area contributed by atoms with Crippen LogP contribution in [0, 0.1) is 5.92 Å². The lowest BCUT2D eigenvalue weighted by Gasteiger charge is -2.34. The van der Waals surface area contributed by atoms with Crippen molar-refractivity contribution in [1.29, 1.82) is 0 Å². The summed E-state index contributed by atoms with van der Waals surface area (Å²) in [5.41, 5.74) is 0.566. The molecule has 0 heterocycles. The minimum atomic E-state index is -2.84. The Morgan fingerprint density at radius 3 is 1.83 bits per heavy atom. The summed E-state index contributed by atoms with van der Waals surface area (Å²) in [6.45, 7) is 0. The van der Waals surface area contributed by atoms with E-state index in [0.29, 0.717) is 11.7 Å². The van der Waals surface area contributed by atoms with E-state index >= 15 is 0 Å². The summed E-state index contributed by atoms with van der Waals surface area (Å²) < 4.78 is 20.4. The van der Waals surface area contributed by atoms with Gasteiger partial charge >= 0.3 is 5.97 Å². The van der Waals surface area contributed by atoms with Crippen LogP contribution in [0.2, 0.25) is 0 Å². The summed E-state index contributed by atoms with van der Waals surface area (Å²) in [6.07, 6.45) is 4.18. The molecule has 0 amide bonds. The molecule has 4 heteroatoms. The SMILES string of the molecule is O=C(O[C@H]1CCCC[C@@H]1CP(=O)(c1ccccc1)c1ccccc1)c1ccccc1. The zero-order chi connectivity index (χ0) is 20.8. The third-order valence-corrected chi connectivity index (χ3v) is 9.19. The number of hydrogen-bond acceptors (Lipinski definition) is 3. The predicted octanol–water partition coefficient (Wildman–Crippen LogP) is 5.42. The Labute approximate surface area is 178 Å². The van der Waals surface area contributed by atoms with Crippen molar-refractivity contribution in [2.24, 2.45) is 5.92 Å². The smallest absolute Gasteiger partial charge is 0.338 e. The molecule has 2 atom stereocenters. The van der Waals surface area contributed by atoms with Crippen molar-refractivity contribution in [2.45, 2.75) is 31.8 Å². The summed E-state index contributed by atoms with van der Waals surface area (Å²) in [6, 6.07) is 28.6. The number of rotatable bonds is 6. The van der Waals surface area contributed by atoms with Gasteiger partial charge in [-0.15, -0.1) is 0 Å². The molecule has 4 rings (SSSR count). The number of carbonyl (C=O) groups excluding carboxylic acids is 1. The lowest BCUT2D eigenvalue weighted by molar-refractivity contribution is 0.00538. The first kappa shape index (κ1) is 20.6. The lowest BCUT2D eigenvalue weighted by atomic mass is 9.87. The molecule has 30 heavy (non-hydrogen) atoms. The Morgan fingerprint density at radius 2 is 1.27 bits per heavy atom. The molecule has 0 bridgehead atoms. The second-order valence-electron chi connectivity index (χ2n) is 7.95. The Morgan fingerprint density at radius 1 is 0.767 bits per heavy atom. The predicted molar refractivity (Wildman–Crippen MR) is 122 cm³/mol. The van der Waals surface area contributed by atoms with E-state index in [1.807, 2.05) is 78.9 Å². The van der Waals surface area contributed by atoms with E-state index in [-0.39, 0.29) is 18.0 Å². The van der Waals surface area contributed by atoms with Crippen molar-refractivity contribution in [2.75, 3.05) is 6.16 Å². The number of benzene rings is 3. The Bertz CT molecular complexity index is 959. The molecule has 154 valence electrons. The summed E-state index contributed by atoms with van der Waals surface area (Å²) in [5.74, 6) is -0.209. The van der Waals surface area contributed by atoms with Gasteiger partial charge in [0, 0.05) is 22.7 Å². The summed E-state index contributed by atoms with van der Waals surface area (Å²) in [4.78, 5) is 12.7. The first-order valence-electron chi connectivity index (χ1n) is 10.6. The number of carbonyl (C=O) groups is 1. The maximum atomic E-state index is 14.4. The van der Waals surface area contributed by atoms with Crippen molar-refractivity contribution >= 4 is 23.7 Å². The van der Waals surface area contributed by atoms with Gasteiger partial charge < -0.3 is 9.30 Å². The van der Waals surface area contributed by atoms with Gasteiger partial charge in [-0.3, -0.25) is 0 Å². The molecule has 1 aliphatic carbocycles. The van der Waals surface area contributed by atoms with Crippen molar-refractivity contribution < 1.29 is 14.1 Å². The Balaban J connectivity index is 1.61. The van der Waals surface area contributed by atoms with Crippen LogP contribution in [-0.4, -0.2) is 18.2 Å². The van der Waals surface area contributed by atoms with Crippen LogP contribution in [0.15, 0.2) is 91.0 Å². The van der Waals surface area contributed by atoms with Crippen LogP contribution >= 0.6 is 7.14 Å². The van der Waals surface area contributed by atoms with Gasteiger partial charge in [0.2, 0.25) is 0 Å². The maximum absolute atomic E-state index is 14.4. The highest BCUT2D eigenvalue weighted by molar-refractivity contribution is 7.78. The zero-order valence-corrected chi connectivity index (χ0v) is 17.9. The Hall–Kier alpha value is -2.64. The molecule has 0 aromatic heterocycles. The second kappa shape index (κ2) is 9.45. The fourth-order valence-corrected chi connectivity index (χ4v) is 7.45. The van der Waals surface area contributed by atoms with Crippen molar-refractivity contribution in [3.63, 3.8) is 0 Å². The van der Waals surface area contributed by atoms with E-state index in [9.17, 15) is 9.36 Å². The molecular weight excluding hydrogens is 391 g/mol. The summed E-state index contributed by atoms with van der Waals surface area (Å²) >= 11 is 0. The molecule has 3 aromatic rings. The Kier molecular flexibility index (Phi) is 6.50. The second-order valence-corrected chi connectivity index (χ2v) is 10.8. The van der Waals surface area contributed by atoms with E-state index < -0.39 is 7.14 Å². The molecule has 0 spiro atoms. The van der Waals surface area contributed by atoms with E-state index in [0.717, 1.165) is 36.3 Å². The molecule has 1 fully saturated rings. The van der Waals surface area contributed by atoms with Crippen LogP contribution in [0.25, 0.3) is 0 Å². The molecule has 0 N–H and O–H groups in total. The lowest BCUT2D eigenvalue weighted by Crippen LogP contribution is -2.34. The third kappa shape index (κ3) is 4.57. The highest BCUT2D eigenvalue weighted by atomic mass is 31.2. The van der Waals surface area contributed by atoms with Crippen LogP contribution in [0.3, 0.4) is 0 Å². The number of ether oxygens (including phenoxy) is 1. The zero-order valence-electron chi connectivity index (χ0n) is 17.0. The molecular formula is C26H27O3P. The quantitative estimate of drug-likeness (QED) is 0.397. The molecule has 1 aliphatic rings. The van der Waals surface area contributed by atoms with Gasteiger partial charge in [0.05, 0.1) is 5.56 Å². The largest absolute Gasteiger partial charge is 0.458 e. The van der Waals surface area contributed by atoms with Gasteiger partial charge in [-0.25, -0.2) is 4.79 Å². The summed E-state index contributed by atoms with van der Waals surface area (Å²) in [7, 11) is -2.84. The minimum Gasteiger partial charge on any atom is -0.458 e. The third-order valence-electron chi connectivity index (χ3n) is 5.95. The topological polar surface area (TPSA) is 43.4 Å². The highest BCUT2D eigenvalue weighted by Crippen LogP contribution is 2.48. The van der Waals surface area contributed by atoms with Crippen LogP contribution in [0.4, 0.5) is 0 Å². The number of esters is 1. The molecule has 3 nitrogen and oxygen atoms in total. The van der Waals surface area contributed by atoms with Crippen LogP contribution in [0.1, 0.15) is 36.0 Å². The highest BCUT2D eigenvalue weighted by Gasteiger charge is 2.37. The number of hydrogen-bond donors (Lipinski definition) is 0. The van der Waals surface area contributed by atoms with Gasteiger partial charge in [-0.2, -0.15) is 0 Å². The van der Waals surface area contributed by atoms with Crippen molar-refractivity contribution in [3.05, 3.63) is 96.6 Å². The average Bonchev–Trinajstić information content (AvgIpc) is 2.82. The molecule has 0 saturated heterocycles. The maximum Gasteiger partial charge on any atom is 0.338 e. The fraction of sp³-hybridized carbons (Fsp3) is 0.269. The standard InChI is InChI=1S/C26H27O3P/c27-26(21-12-4-1-5-13-21)29-25-19-11-10-14-22(25)20-30(28,23-15-6-2-7-16-23)24-17-8-3-9-18-24/h1-9,12-13,15-18,22,25H,10-11,14,19-20H2/t22-,25+/m1/s1. The average molecular weight is 418 g/mol. The van der Waals surface area contributed by atoms with Crippen LogP contribution in [0.5, 0.6) is 0 Å². The first-order valence-corrected chi connectivity index (χ1v) is 12.5.